The molecule has 6 nitrogen and oxygen atoms in total. The third-order valence-electron chi connectivity index (χ3n) is 4.36. The Hall–Kier alpha value is -2.54. The summed E-state index contributed by atoms with van der Waals surface area (Å²) < 4.78 is 31.8. The molecule has 0 fully saturated rings. The second-order valence-electron chi connectivity index (χ2n) is 6.72. The van der Waals surface area contributed by atoms with Crippen LogP contribution < -0.4 is 14.4 Å². The molecule has 1 unspecified atom stereocenters. The number of nitrogens with one attached hydrogen (secondary N) is 1. The summed E-state index contributed by atoms with van der Waals surface area (Å²) in [5.74, 6) is 0.332. The van der Waals surface area contributed by atoms with Gasteiger partial charge in [-0.05, 0) is 68.7 Å². The van der Waals surface area contributed by atoms with Crippen molar-refractivity contribution in [2.45, 2.75) is 40.2 Å². The van der Waals surface area contributed by atoms with Crippen LogP contribution in [0, 0.1) is 13.8 Å². The van der Waals surface area contributed by atoms with Crippen LogP contribution in [0.3, 0.4) is 0 Å². The fourth-order valence-corrected chi connectivity index (χ4v) is 4.28. The number of hydrogen-bond acceptors (Lipinski definition) is 4. The Kier molecular flexibility index (Phi) is 7.07. The van der Waals surface area contributed by atoms with Gasteiger partial charge in [0.2, 0.25) is 15.9 Å². The maximum absolute atomic E-state index is 13.0. The summed E-state index contributed by atoms with van der Waals surface area (Å²) in [6.45, 7) is 7.98. The van der Waals surface area contributed by atoms with Gasteiger partial charge in [0.15, 0.2) is 0 Å². The summed E-state index contributed by atoms with van der Waals surface area (Å²) >= 11 is 0. The van der Waals surface area contributed by atoms with Crippen LogP contribution in [0.1, 0.15) is 31.4 Å². The van der Waals surface area contributed by atoms with Crippen molar-refractivity contribution in [3.05, 3.63) is 53.6 Å². The van der Waals surface area contributed by atoms with Crippen molar-refractivity contribution in [3.8, 4) is 5.75 Å². The maximum atomic E-state index is 13.0. The number of benzene rings is 2. The highest BCUT2D eigenvalue weighted by Gasteiger charge is 2.32. The Morgan fingerprint density at radius 2 is 1.75 bits per heavy atom. The second kappa shape index (κ2) is 9.10. The smallest absolute Gasteiger partial charge is 0.248 e. The number of hydrogen-bond donors (Lipinski definition) is 1. The number of anilines is 2. The van der Waals surface area contributed by atoms with E-state index in [1.807, 2.05) is 32.9 Å². The fourth-order valence-electron chi connectivity index (χ4n) is 3.02. The van der Waals surface area contributed by atoms with Crippen molar-refractivity contribution >= 4 is 27.3 Å². The van der Waals surface area contributed by atoms with E-state index in [-0.39, 0.29) is 5.91 Å². The highest BCUT2D eigenvalue weighted by Crippen LogP contribution is 2.28. The second-order valence-corrected chi connectivity index (χ2v) is 8.58. The molecule has 2 aromatic carbocycles. The molecule has 0 heterocycles. The van der Waals surface area contributed by atoms with Crippen LogP contribution in [0.2, 0.25) is 0 Å². The summed E-state index contributed by atoms with van der Waals surface area (Å²) in [6, 6.07) is 11.7. The van der Waals surface area contributed by atoms with Crippen LogP contribution in [0.25, 0.3) is 0 Å². The SMILES string of the molecule is CCOc1ccc(NC(=O)C(CC)N(c2cc(C)ccc2C)S(C)(=O)=O)cc1. The topological polar surface area (TPSA) is 75.7 Å². The molecule has 0 radical (unpaired) electrons. The highest BCUT2D eigenvalue weighted by atomic mass is 32.2. The van der Waals surface area contributed by atoms with E-state index in [0.29, 0.717) is 30.2 Å². The first kappa shape index (κ1) is 21.8. The van der Waals surface area contributed by atoms with E-state index in [1.165, 1.54) is 4.31 Å². The predicted octanol–water partition coefficient (Wildman–Crippen LogP) is 3.89. The van der Waals surface area contributed by atoms with Gasteiger partial charge in [-0.25, -0.2) is 8.42 Å². The van der Waals surface area contributed by atoms with Gasteiger partial charge in [-0.1, -0.05) is 19.1 Å². The molecule has 2 rings (SSSR count). The zero-order valence-electron chi connectivity index (χ0n) is 17.0. The van der Waals surface area contributed by atoms with Gasteiger partial charge >= 0.3 is 0 Å². The van der Waals surface area contributed by atoms with Gasteiger partial charge in [-0.15, -0.1) is 0 Å². The molecule has 152 valence electrons. The monoisotopic (exact) mass is 404 g/mol. The number of carbonyl (C=O) groups excluding carboxylic acids is 1. The van der Waals surface area contributed by atoms with E-state index in [2.05, 4.69) is 5.32 Å². The van der Waals surface area contributed by atoms with Crippen LogP contribution in [0.15, 0.2) is 42.5 Å². The number of aryl methyl sites for hydroxylation is 2. The third kappa shape index (κ3) is 5.25. The number of amides is 1. The Balaban J connectivity index is 2.35. The van der Waals surface area contributed by atoms with Crippen LogP contribution >= 0.6 is 0 Å². The van der Waals surface area contributed by atoms with Gasteiger partial charge in [0.1, 0.15) is 11.8 Å². The minimum atomic E-state index is -3.67. The first-order valence-electron chi connectivity index (χ1n) is 9.27. The summed E-state index contributed by atoms with van der Waals surface area (Å²) in [4.78, 5) is 13.0. The lowest BCUT2D eigenvalue weighted by atomic mass is 10.1. The largest absolute Gasteiger partial charge is 0.494 e. The maximum Gasteiger partial charge on any atom is 0.248 e. The lowest BCUT2D eigenvalue weighted by Gasteiger charge is -2.31. The summed E-state index contributed by atoms with van der Waals surface area (Å²) in [7, 11) is -3.67. The lowest BCUT2D eigenvalue weighted by molar-refractivity contribution is -0.117. The van der Waals surface area contributed by atoms with E-state index in [1.54, 1.807) is 37.3 Å². The Labute approximate surface area is 167 Å². The third-order valence-corrected chi connectivity index (χ3v) is 5.53. The molecule has 7 heteroatoms. The number of sulfonamides is 1. The molecule has 0 aliphatic heterocycles. The molecule has 0 bridgehead atoms. The number of carbonyl (C=O) groups is 1. The Morgan fingerprint density at radius 3 is 2.29 bits per heavy atom. The normalized spacial score (nSPS) is 12.3. The molecule has 0 aromatic heterocycles. The highest BCUT2D eigenvalue weighted by molar-refractivity contribution is 7.92. The molecule has 1 atom stereocenters. The number of ether oxygens (including phenoxy) is 1. The Bertz CT molecular complexity index is 924. The van der Waals surface area contributed by atoms with Crippen LogP contribution in [-0.4, -0.2) is 33.2 Å². The van der Waals surface area contributed by atoms with E-state index in [9.17, 15) is 13.2 Å². The van der Waals surface area contributed by atoms with Gasteiger partial charge < -0.3 is 10.1 Å². The standard InChI is InChI=1S/C21H28N2O4S/c1-6-19(21(24)22-17-10-12-18(13-11-17)27-7-2)23(28(5,25)26)20-14-15(3)8-9-16(20)4/h8-14,19H,6-7H2,1-5H3,(H,22,24). The summed E-state index contributed by atoms with van der Waals surface area (Å²) in [5, 5.41) is 2.82. The molecule has 0 spiro atoms. The van der Waals surface area contributed by atoms with Crippen molar-refractivity contribution in [1.82, 2.24) is 0 Å². The zero-order chi connectivity index (χ0) is 20.9. The van der Waals surface area contributed by atoms with Crippen LogP contribution in [0.4, 0.5) is 11.4 Å². The van der Waals surface area contributed by atoms with Gasteiger partial charge in [-0.3, -0.25) is 9.10 Å². The molecule has 0 aliphatic rings. The van der Waals surface area contributed by atoms with E-state index in [0.717, 1.165) is 17.4 Å². The fraction of sp³-hybridized carbons (Fsp3) is 0.381. The quantitative estimate of drug-likeness (QED) is 0.724. The zero-order valence-corrected chi connectivity index (χ0v) is 17.8. The van der Waals surface area contributed by atoms with Crippen LogP contribution in [0.5, 0.6) is 5.75 Å². The van der Waals surface area contributed by atoms with E-state index >= 15 is 0 Å². The van der Waals surface area contributed by atoms with Crippen LogP contribution in [-0.2, 0) is 14.8 Å². The van der Waals surface area contributed by atoms with Gasteiger partial charge in [0, 0.05) is 5.69 Å². The summed E-state index contributed by atoms with van der Waals surface area (Å²) in [6.07, 6.45) is 1.46. The first-order chi connectivity index (χ1) is 13.2. The first-order valence-corrected chi connectivity index (χ1v) is 11.1. The molecule has 0 aliphatic carbocycles. The summed E-state index contributed by atoms with van der Waals surface area (Å²) in [5.41, 5.74) is 2.83. The van der Waals surface area contributed by atoms with Gasteiger partial charge in [0.25, 0.3) is 0 Å². The molecular weight excluding hydrogens is 376 g/mol. The molecule has 1 N–H and O–H groups in total. The molecule has 2 aromatic rings. The minimum absolute atomic E-state index is 0.337. The van der Waals surface area contributed by atoms with Crippen molar-refractivity contribution in [1.29, 1.82) is 0 Å². The van der Waals surface area contributed by atoms with E-state index in [4.69, 9.17) is 4.74 Å². The average molecular weight is 405 g/mol. The molecule has 1 amide bonds. The molecule has 0 saturated carbocycles. The predicted molar refractivity (Wildman–Crippen MR) is 114 cm³/mol. The van der Waals surface area contributed by atoms with Gasteiger partial charge in [-0.2, -0.15) is 0 Å². The minimum Gasteiger partial charge on any atom is -0.494 e. The molecule has 28 heavy (non-hydrogen) atoms. The van der Waals surface area contributed by atoms with Crippen molar-refractivity contribution in [2.24, 2.45) is 0 Å². The molecule has 0 saturated heterocycles. The number of nitrogens with zero attached hydrogens (tertiary/aromatic N) is 1. The Morgan fingerprint density at radius 1 is 1.11 bits per heavy atom. The van der Waals surface area contributed by atoms with Crippen molar-refractivity contribution < 1.29 is 17.9 Å². The van der Waals surface area contributed by atoms with Gasteiger partial charge in [0.05, 0.1) is 18.6 Å². The average Bonchev–Trinajstić information content (AvgIpc) is 2.62. The number of rotatable bonds is 8. The lowest BCUT2D eigenvalue weighted by Crippen LogP contribution is -2.47. The molecular formula is C21H28N2O4S. The van der Waals surface area contributed by atoms with Crippen molar-refractivity contribution in [3.63, 3.8) is 0 Å². The van der Waals surface area contributed by atoms with E-state index < -0.39 is 16.1 Å². The van der Waals surface area contributed by atoms with Crippen molar-refractivity contribution in [2.75, 3.05) is 22.5 Å².